The number of guanidine groups is 1. The van der Waals surface area contributed by atoms with Crippen molar-refractivity contribution in [3.05, 3.63) is 108 Å². The van der Waals surface area contributed by atoms with Gasteiger partial charge in [0, 0.05) is 0 Å². The van der Waals surface area contributed by atoms with Crippen LogP contribution in [0.1, 0.15) is 38.8 Å². The molecule has 0 amide bonds. The number of allylic oxidation sites excluding steroid dienone is 3. The van der Waals surface area contributed by atoms with Crippen LogP contribution in [0.2, 0.25) is 0 Å². The maximum absolute atomic E-state index is 13.1. The van der Waals surface area contributed by atoms with E-state index < -0.39 is 0 Å². The van der Waals surface area contributed by atoms with Crippen LogP contribution in [-0.2, 0) is 12.1 Å². The van der Waals surface area contributed by atoms with Crippen LogP contribution >= 0.6 is 0 Å². The van der Waals surface area contributed by atoms with Crippen molar-refractivity contribution in [2.24, 2.45) is 4.99 Å². The molecule has 1 saturated heterocycles. The largest absolute Gasteiger partial charge is 0.347 e. The normalized spacial score (nSPS) is 22.2. The third-order valence-corrected chi connectivity index (χ3v) is 5.03. The standard InChI is InChI=1S/C24H26FN3.C2H6/c1-4-6-10-19(5-2)22-24(3,20-11-8-7-9-12-20)28-23(27-22)26-17-18-13-15-21(25)16-14-18;1-2/h4-16,22H,1,17H2,2-3H3,(H2,26,27,28);1-2H3/b10-6-,19-5+;/t22-,24+;/m1./s1. The molecule has 3 nitrogen and oxygen atoms in total. The molecule has 1 heterocycles. The highest BCUT2D eigenvalue weighted by atomic mass is 19.1. The Morgan fingerprint density at radius 2 is 1.80 bits per heavy atom. The summed E-state index contributed by atoms with van der Waals surface area (Å²) in [4.78, 5) is 4.69. The predicted octanol–water partition coefficient (Wildman–Crippen LogP) is 5.87. The highest BCUT2D eigenvalue weighted by molar-refractivity contribution is 5.85. The van der Waals surface area contributed by atoms with E-state index in [4.69, 9.17) is 4.99 Å². The van der Waals surface area contributed by atoms with Crippen LogP contribution in [0, 0.1) is 5.82 Å². The van der Waals surface area contributed by atoms with Crippen LogP contribution in [0.4, 0.5) is 4.39 Å². The van der Waals surface area contributed by atoms with Crippen molar-refractivity contribution in [3.63, 3.8) is 0 Å². The van der Waals surface area contributed by atoms with Gasteiger partial charge in [-0.2, -0.15) is 0 Å². The fraction of sp³-hybridized carbons (Fsp3) is 0.269. The Hall–Kier alpha value is -3.14. The zero-order valence-electron chi connectivity index (χ0n) is 18.3. The Morgan fingerprint density at radius 3 is 2.40 bits per heavy atom. The zero-order chi connectivity index (χ0) is 22.0. The molecule has 0 bridgehead atoms. The maximum atomic E-state index is 13.1. The Bertz CT molecular complexity index is 898. The molecule has 2 atom stereocenters. The van der Waals surface area contributed by atoms with Crippen LogP contribution in [-0.4, -0.2) is 12.0 Å². The van der Waals surface area contributed by atoms with E-state index in [1.807, 2.05) is 45.0 Å². The van der Waals surface area contributed by atoms with Crippen molar-refractivity contribution in [3.8, 4) is 0 Å². The monoisotopic (exact) mass is 405 g/mol. The summed E-state index contributed by atoms with van der Waals surface area (Å²) in [5.74, 6) is 0.490. The zero-order valence-corrected chi connectivity index (χ0v) is 18.3. The highest BCUT2D eigenvalue weighted by Gasteiger charge is 2.43. The molecule has 0 aromatic heterocycles. The van der Waals surface area contributed by atoms with Gasteiger partial charge in [-0.15, -0.1) is 0 Å². The van der Waals surface area contributed by atoms with Crippen LogP contribution in [0.5, 0.6) is 0 Å². The molecule has 2 N–H and O–H groups in total. The van der Waals surface area contributed by atoms with Crippen molar-refractivity contribution < 1.29 is 4.39 Å². The molecule has 0 aliphatic carbocycles. The number of nitrogens with one attached hydrogen (secondary N) is 2. The van der Waals surface area contributed by atoms with E-state index in [0.29, 0.717) is 6.54 Å². The van der Waals surface area contributed by atoms with Gasteiger partial charge in [-0.3, -0.25) is 0 Å². The molecule has 0 saturated carbocycles. The predicted molar refractivity (Wildman–Crippen MR) is 126 cm³/mol. The van der Waals surface area contributed by atoms with Crippen molar-refractivity contribution >= 4 is 5.96 Å². The lowest BCUT2D eigenvalue weighted by Crippen LogP contribution is -2.44. The van der Waals surface area contributed by atoms with Crippen molar-refractivity contribution in [2.45, 2.75) is 45.8 Å². The lowest BCUT2D eigenvalue weighted by atomic mass is 9.82. The average Bonchev–Trinajstić information content (AvgIpc) is 3.13. The summed E-state index contributed by atoms with van der Waals surface area (Å²) in [5.41, 5.74) is 2.91. The first-order chi connectivity index (χ1) is 14.6. The molecule has 1 fully saturated rings. The van der Waals surface area contributed by atoms with E-state index in [0.717, 1.165) is 17.1 Å². The minimum Gasteiger partial charge on any atom is -0.347 e. The van der Waals surface area contributed by atoms with Crippen LogP contribution in [0.3, 0.4) is 0 Å². The molecule has 0 unspecified atom stereocenters. The third-order valence-electron chi connectivity index (χ3n) is 5.03. The quantitative estimate of drug-likeness (QED) is 0.590. The van der Waals surface area contributed by atoms with Crippen LogP contribution < -0.4 is 10.6 Å². The molecule has 3 rings (SSSR count). The molecular weight excluding hydrogens is 373 g/mol. The topological polar surface area (TPSA) is 36.4 Å². The molecule has 2 aromatic carbocycles. The Labute approximate surface area is 180 Å². The van der Waals surface area contributed by atoms with Gasteiger partial charge in [0.05, 0.1) is 18.1 Å². The Kier molecular flexibility index (Phi) is 8.60. The van der Waals surface area contributed by atoms with E-state index in [9.17, 15) is 4.39 Å². The minimum absolute atomic E-state index is 0.00284. The summed E-state index contributed by atoms with van der Waals surface area (Å²) in [7, 11) is 0. The molecule has 0 spiro atoms. The van der Waals surface area contributed by atoms with E-state index in [2.05, 4.69) is 48.4 Å². The summed E-state index contributed by atoms with van der Waals surface area (Å²) in [6, 6.07) is 16.8. The van der Waals surface area contributed by atoms with Gasteiger partial charge < -0.3 is 10.6 Å². The number of hydrogen-bond donors (Lipinski definition) is 2. The fourth-order valence-electron chi connectivity index (χ4n) is 3.46. The smallest absolute Gasteiger partial charge is 0.192 e. The SMILES string of the molecule is C=C/C=C\C(=C/C)[C@H]1NC(=NCc2ccc(F)cc2)N[C@@]1(C)c1ccccc1.CC. The molecule has 2 aromatic rings. The van der Waals surface area contributed by atoms with Gasteiger partial charge in [-0.25, -0.2) is 9.38 Å². The summed E-state index contributed by atoms with van der Waals surface area (Å²) < 4.78 is 13.1. The van der Waals surface area contributed by atoms with E-state index in [1.165, 1.54) is 17.7 Å². The molecule has 158 valence electrons. The number of rotatable bonds is 6. The highest BCUT2D eigenvalue weighted by Crippen LogP contribution is 2.32. The minimum atomic E-state index is -0.365. The second-order valence-corrected chi connectivity index (χ2v) is 6.95. The Morgan fingerprint density at radius 1 is 1.13 bits per heavy atom. The van der Waals surface area contributed by atoms with Gasteiger partial charge in [0.15, 0.2) is 5.96 Å². The summed E-state index contributed by atoms with van der Waals surface area (Å²) in [6.45, 7) is 12.4. The van der Waals surface area contributed by atoms with Gasteiger partial charge in [-0.1, -0.05) is 87.2 Å². The first kappa shape index (κ1) is 23.1. The molecular formula is C26H32FN3. The van der Waals surface area contributed by atoms with Gasteiger partial charge in [0.25, 0.3) is 0 Å². The van der Waals surface area contributed by atoms with Gasteiger partial charge in [-0.05, 0) is 42.7 Å². The van der Waals surface area contributed by atoms with Crippen molar-refractivity contribution in [1.29, 1.82) is 0 Å². The number of benzene rings is 2. The number of halogens is 1. The summed E-state index contributed by atoms with van der Waals surface area (Å²) in [5, 5.41) is 7.10. The van der Waals surface area contributed by atoms with Gasteiger partial charge >= 0.3 is 0 Å². The number of aliphatic imine (C=N–C) groups is 1. The van der Waals surface area contributed by atoms with E-state index >= 15 is 0 Å². The fourth-order valence-corrected chi connectivity index (χ4v) is 3.46. The molecule has 1 aliphatic heterocycles. The summed E-state index contributed by atoms with van der Waals surface area (Å²) in [6.07, 6.45) is 7.88. The average molecular weight is 406 g/mol. The van der Waals surface area contributed by atoms with Crippen molar-refractivity contribution in [1.82, 2.24) is 10.6 Å². The second-order valence-electron chi connectivity index (χ2n) is 6.95. The summed E-state index contributed by atoms with van der Waals surface area (Å²) >= 11 is 0. The maximum Gasteiger partial charge on any atom is 0.192 e. The van der Waals surface area contributed by atoms with Crippen LogP contribution in [0.15, 0.2) is 96.0 Å². The first-order valence-corrected chi connectivity index (χ1v) is 10.4. The molecule has 30 heavy (non-hydrogen) atoms. The lowest BCUT2D eigenvalue weighted by Gasteiger charge is -2.32. The number of hydrogen-bond acceptors (Lipinski definition) is 1. The van der Waals surface area contributed by atoms with Gasteiger partial charge in [0.2, 0.25) is 0 Å². The van der Waals surface area contributed by atoms with E-state index in [1.54, 1.807) is 18.2 Å². The lowest BCUT2D eigenvalue weighted by molar-refractivity contribution is 0.410. The Balaban J connectivity index is 0.00000155. The number of nitrogens with zero attached hydrogens (tertiary/aromatic N) is 1. The third kappa shape index (κ3) is 5.47. The van der Waals surface area contributed by atoms with Crippen molar-refractivity contribution in [2.75, 3.05) is 0 Å². The van der Waals surface area contributed by atoms with Crippen LogP contribution in [0.25, 0.3) is 0 Å². The first-order valence-electron chi connectivity index (χ1n) is 10.4. The van der Waals surface area contributed by atoms with Gasteiger partial charge in [0.1, 0.15) is 5.82 Å². The second kappa shape index (κ2) is 11.1. The van der Waals surface area contributed by atoms with E-state index in [-0.39, 0.29) is 17.4 Å². The molecule has 0 radical (unpaired) electrons. The molecule has 4 heteroatoms. The molecule has 1 aliphatic rings.